The van der Waals surface area contributed by atoms with E-state index >= 15 is 0 Å². The molecule has 0 amide bonds. The van der Waals surface area contributed by atoms with Crippen molar-refractivity contribution in [2.24, 2.45) is 0 Å². The molecule has 0 bridgehead atoms. The Balaban J connectivity index is 1.78. The predicted molar refractivity (Wildman–Crippen MR) is 151 cm³/mol. The highest BCUT2D eigenvalue weighted by molar-refractivity contribution is 7.92. The predicted octanol–water partition coefficient (Wildman–Crippen LogP) is 4.60. The van der Waals surface area contributed by atoms with Gasteiger partial charge >= 0.3 is 5.97 Å². The average molecular weight is 602 g/mol. The van der Waals surface area contributed by atoms with Gasteiger partial charge in [-0.05, 0) is 63.1 Å². The topological polar surface area (TPSA) is 147 Å². The Labute approximate surface area is 240 Å². The van der Waals surface area contributed by atoms with E-state index in [1.165, 1.54) is 25.3 Å². The summed E-state index contributed by atoms with van der Waals surface area (Å²) in [5.74, 6) is 0.412. The average Bonchev–Trinajstić information content (AvgIpc) is 3.36. The van der Waals surface area contributed by atoms with E-state index in [1.54, 1.807) is 40.1 Å². The number of methoxy groups -OCH3 is 2. The van der Waals surface area contributed by atoms with E-state index in [0.717, 1.165) is 11.1 Å². The van der Waals surface area contributed by atoms with Gasteiger partial charge in [0.05, 0.1) is 46.9 Å². The molecule has 0 aliphatic rings. The Hall–Kier alpha value is -3.97. The van der Waals surface area contributed by atoms with Gasteiger partial charge in [0.1, 0.15) is 21.9 Å². The van der Waals surface area contributed by atoms with Crippen LogP contribution < -0.4 is 14.4 Å². The molecule has 41 heavy (non-hydrogen) atoms. The molecule has 2 heterocycles. The first-order valence-corrected chi connectivity index (χ1v) is 15.4. The van der Waals surface area contributed by atoms with Crippen LogP contribution in [0, 0.1) is 27.7 Å². The van der Waals surface area contributed by atoms with Gasteiger partial charge in [0.2, 0.25) is 9.84 Å². The molecule has 1 unspecified atom stereocenters. The number of aromatic amines is 1. The highest BCUT2D eigenvalue weighted by Gasteiger charge is 2.31. The summed E-state index contributed by atoms with van der Waals surface area (Å²) in [6, 6.07) is 6.07. The molecular weight excluding hydrogens is 570 g/mol. The Morgan fingerprint density at radius 1 is 1.00 bits per heavy atom. The van der Waals surface area contributed by atoms with Gasteiger partial charge in [-0.2, -0.15) is 0 Å². The summed E-state index contributed by atoms with van der Waals surface area (Å²) in [5, 5.41) is 0.0976. The van der Waals surface area contributed by atoms with Crippen LogP contribution >= 0.6 is 0 Å². The second-order valence-corrected chi connectivity index (χ2v) is 12.5. The van der Waals surface area contributed by atoms with E-state index in [0.29, 0.717) is 28.1 Å². The summed E-state index contributed by atoms with van der Waals surface area (Å²) in [7, 11) is -2.96. The second-order valence-electron chi connectivity index (χ2n) is 9.35. The first kappa shape index (κ1) is 30.0. The molecule has 4 aromatic rings. The molecule has 0 radical (unpaired) electrons. The maximum atomic E-state index is 14.2. The number of rotatable bonds is 10. The van der Waals surface area contributed by atoms with Crippen molar-refractivity contribution in [2.45, 2.75) is 61.7 Å². The van der Waals surface area contributed by atoms with Crippen molar-refractivity contribution < 1.29 is 36.7 Å². The normalized spacial score (nSPS) is 12.3. The lowest BCUT2D eigenvalue weighted by molar-refractivity contribution is -0.213. The lowest BCUT2D eigenvalue weighted by Crippen LogP contribution is -2.11. The zero-order valence-corrected chi connectivity index (χ0v) is 25.4. The maximum Gasteiger partial charge on any atom is 0.355 e. The van der Waals surface area contributed by atoms with Crippen LogP contribution in [0.4, 0.5) is 0 Å². The van der Waals surface area contributed by atoms with Gasteiger partial charge in [-0.3, -0.25) is 19.0 Å². The van der Waals surface area contributed by atoms with E-state index in [2.05, 4.69) is 15.0 Å². The van der Waals surface area contributed by atoms with E-state index in [-0.39, 0.29) is 44.1 Å². The zero-order valence-electron chi connectivity index (χ0n) is 23.8. The van der Waals surface area contributed by atoms with Crippen molar-refractivity contribution in [2.75, 3.05) is 14.2 Å². The van der Waals surface area contributed by atoms with Gasteiger partial charge in [-0.15, -0.1) is 0 Å². The second kappa shape index (κ2) is 11.9. The molecule has 0 aliphatic carbocycles. The van der Waals surface area contributed by atoms with Crippen LogP contribution in [0.1, 0.15) is 41.3 Å². The van der Waals surface area contributed by atoms with E-state index in [9.17, 15) is 17.4 Å². The molecule has 0 saturated carbocycles. The van der Waals surface area contributed by atoms with Crippen LogP contribution in [0.25, 0.3) is 11.0 Å². The first-order chi connectivity index (χ1) is 19.4. The Morgan fingerprint density at radius 2 is 1.68 bits per heavy atom. The van der Waals surface area contributed by atoms with Gasteiger partial charge in [-0.1, -0.05) is 6.92 Å². The van der Waals surface area contributed by atoms with Crippen LogP contribution in [-0.2, 0) is 36.1 Å². The Bertz CT molecular complexity index is 1760. The summed E-state index contributed by atoms with van der Waals surface area (Å²) in [5.41, 5.74) is 3.40. The van der Waals surface area contributed by atoms with Gasteiger partial charge in [-0.25, -0.2) is 18.2 Å². The third kappa shape index (κ3) is 5.77. The molecule has 0 aliphatic heterocycles. The molecule has 2 aromatic carbocycles. The number of aryl methyl sites for hydroxylation is 3. The highest BCUT2D eigenvalue weighted by Crippen LogP contribution is 2.39. The molecule has 0 saturated heterocycles. The Kier molecular flexibility index (Phi) is 8.69. The molecule has 1 atom stereocenters. The number of carbonyl (C=O) groups is 1. The van der Waals surface area contributed by atoms with Crippen LogP contribution in [0.3, 0.4) is 0 Å². The van der Waals surface area contributed by atoms with Crippen molar-refractivity contribution in [3.05, 3.63) is 58.4 Å². The summed E-state index contributed by atoms with van der Waals surface area (Å²) in [4.78, 5) is 33.0. The number of benzene rings is 2. The molecule has 2 aromatic heterocycles. The van der Waals surface area contributed by atoms with Crippen LogP contribution in [0.15, 0.2) is 45.4 Å². The number of pyridine rings is 1. The number of hydrogen-bond donors (Lipinski definition) is 1. The number of ether oxygens (including phenoxy) is 2. The zero-order chi connectivity index (χ0) is 30.1. The number of sulfone groups is 1. The standard InChI is InChI=1S/C28H31N3O8S2/c1-8-23(32)39-38-19-11-15(2)26(16(3)12-19)41(34,35)27-22(36-6)10-9-20-24(27)31-28(30-20)40(33)14-21-18(5)25(37-7)17(4)13-29-21/h9-13H,8,14H2,1-7H3,(H,30,31). The van der Waals surface area contributed by atoms with Gasteiger partial charge in [0.15, 0.2) is 10.9 Å². The number of carbonyl (C=O) groups excluding carboxylic acids is 1. The molecule has 4 rings (SSSR count). The number of imidazole rings is 1. The summed E-state index contributed by atoms with van der Waals surface area (Å²) < 4.78 is 52.6. The molecule has 1 N–H and O–H groups in total. The van der Waals surface area contributed by atoms with E-state index in [1.807, 2.05) is 13.8 Å². The van der Waals surface area contributed by atoms with Crippen LogP contribution in [0.5, 0.6) is 17.2 Å². The number of aromatic nitrogens is 3. The summed E-state index contributed by atoms with van der Waals surface area (Å²) in [6.07, 6.45) is 1.78. The van der Waals surface area contributed by atoms with E-state index < -0.39 is 26.6 Å². The fraction of sp³-hybridized carbons (Fsp3) is 0.321. The van der Waals surface area contributed by atoms with Gasteiger partial charge in [0.25, 0.3) is 0 Å². The van der Waals surface area contributed by atoms with Crippen LogP contribution in [-0.4, -0.2) is 47.8 Å². The van der Waals surface area contributed by atoms with Gasteiger partial charge < -0.3 is 14.5 Å². The van der Waals surface area contributed by atoms with Crippen molar-refractivity contribution in [1.82, 2.24) is 15.0 Å². The number of H-pyrrole nitrogens is 1. The minimum absolute atomic E-state index is 0.0229. The molecule has 0 spiro atoms. The lowest BCUT2D eigenvalue weighted by atomic mass is 10.1. The number of nitrogens with one attached hydrogen (secondary N) is 1. The first-order valence-electron chi connectivity index (χ1n) is 12.6. The third-order valence-corrected chi connectivity index (χ3v) is 9.77. The third-order valence-electron chi connectivity index (χ3n) is 6.49. The fourth-order valence-electron chi connectivity index (χ4n) is 4.58. The molecule has 0 fully saturated rings. The van der Waals surface area contributed by atoms with Crippen molar-refractivity contribution in [3.63, 3.8) is 0 Å². The van der Waals surface area contributed by atoms with Crippen molar-refractivity contribution in [1.29, 1.82) is 0 Å². The minimum Gasteiger partial charge on any atom is -0.496 e. The van der Waals surface area contributed by atoms with Crippen molar-refractivity contribution in [3.8, 4) is 17.2 Å². The molecule has 11 nitrogen and oxygen atoms in total. The molecular formula is C28H31N3O8S2. The number of fused-ring (bicyclic) bond motifs is 1. The largest absolute Gasteiger partial charge is 0.496 e. The molecule has 218 valence electrons. The summed E-state index contributed by atoms with van der Waals surface area (Å²) >= 11 is 0. The smallest absolute Gasteiger partial charge is 0.355 e. The number of nitrogens with zero attached hydrogens (tertiary/aromatic N) is 2. The van der Waals surface area contributed by atoms with Crippen LogP contribution in [0.2, 0.25) is 0 Å². The SMILES string of the molecule is CCC(=O)OOc1cc(C)c(S(=O)(=O)c2c(OC)ccc3[nH]c(S(=O)Cc4ncc(C)c(OC)c4C)nc23)c(C)c1. The maximum absolute atomic E-state index is 14.2. The monoisotopic (exact) mass is 601 g/mol. The fourth-order valence-corrected chi connectivity index (χ4v) is 7.67. The summed E-state index contributed by atoms with van der Waals surface area (Å²) in [6.45, 7) is 8.56. The number of hydrogen-bond acceptors (Lipinski definition) is 10. The highest BCUT2D eigenvalue weighted by atomic mass is 32.2. The Morgan fingerprint density at radius 3 is 2.29 bits per heavy atom. The van der Waals surface area contributed by atoms with Crippen molar-refractivity contribution >= 4 is 37.6 Å². The van der Waals surface area contributed by atoms with E-state index in [4.69, 9.17) is 19.2 Å². The quantitative estimate of drug-likeness (QED) is 0.202. The molecule has 13 heteroatoms. The minimum atomic E-state index is -4.21. The van der Waals surface area contributed by atoms with Gasteiger partial charge in [0, 0.05) is 23.7 Å². The lowest BCUT2D eigenvalue weighted by Gasteiger charge is -2.15.